The molecule has 100 valence electrons. The van der Waals surface area contributed by atoms with E-state index in [4.69, 9.17) is 9.47 Å². The van der Waals surface area contributed by atoms with Crippen LogP contribution in [0.3, 0.4) is 0 Å². The fraction of sp³-hybridized carbons (Fsp3) is 0.625. The zero-order chi connectivity index (χ0) is 13.1. The van der Waals surface area contributed by atoms with Crippen LogP contribution in [-0.4, -0.2) is 18.8 Å². The summed E-state index contributed by atoms with van der Waals surface area (Å²) >= 11 is 0. The maximum atomic E-state index is 5.73. The molecular weight excluding hydrogens is 224 g/mol. The van der Waals surface area contributed by atoms with Gasteiger partial charge in [0, 0.05) is 0 Å². The highest BCUT2D eigenvalue weighted by Gasteiger charge is 2.38. The van der Waals surface area contributed by atoms with Gasteiger partial charge < -0.3 is 9.47 Å². The molecule has 1 fully saturated rings. The van der Waals surface area contributed by atoms with Gasteiger partial charge >= 0.3 is 0 Å². The highest BCUT2D eigenvalue weighted by molar-refractivity contribution is 5.39. The maximum absolute atomic E-state index is 5.73. The van der Waals surface area contributed by atoms with Crippen molar-refractivity contribution >= 4 is 0 Å². The number of hydrogen-bond donors (Lipinski definition) is 0. The third-order valence-electron chi connectivity index (χ3n) is 3.67. The van der Waals surface area contributed by atoms with E-state index in [9.17, 15) is 0 Å². The lowest BCUT2D eigenvalue weighted by Gasteiger charge is -2.16. The third kappa shape index (κ3) is 3.05. The lowest BCUT2D eigenvalue weighted by molar-refractivity contribution is 0.329. The highest BCUT2D eigenvalue weighted by atomic mass is 16.6. The lowest BCUT2D eigenvalue weighted by atomic mass is 9.93. The normalized spacial score (nSPS) is 23.8. The van der Waals surface area contributed by atoms with Crippen molar-refractivity contribution in [3.05, 3.63) is 29.3 Å². The van der Waals surface area contributed by atoms with Crippen LogP contribution in [0.4, 0.5) is 0 Å². The zero-order valence-corrected chi connectivity index (χ0v) is 11.9. The molecular formula is C16H24O2. The molecule has 1 aliphatic rings. The summed E-state index contributed by atoms with van der Waals surface area (Å²) in [7, 11) is 0. The SMILES string of the molecule is CCOc1ccc(C)cc1C(C)CC1OC1CC. The first-order chi connectivity index (χ1) is 8.65. The first-order valence-electron chi connectivity index (χ1n) is 7.04. The molecule has 1 aromatic carbocycles. The van der Waals surface area contributed by atoms with Crippen molar-refractivity contribution in [2.75, 3.05) is 6.61 Å². The Morgan fingerprint density at radius 1 is 1.28 bits per heavy atom. The summed E-state index contributed by atoms with van der Waals surface area (Å²) in [6.07, 6.45) is 3.18. The van der Waals surface area contributed by atoms with E-state index in [1.54, 1.807) is 0 Å². The first-order valence-corrected chi connectivity index (χ1v) is 7.04. The Hall–Kier alpha value is -1.02. The van der Waals surface area contributed by atoms with Crippen molar-refractivity contribution in [3.63, 3.8) is 0 Å². The predicted octanol–water partition coefficient (Wildman–Crippen LogP) is 4.06. The van der Waals surface area contributed by atoms with Crippen molar-refractivity contribution in [2.45, 2.75) is 58.7 Å². The predicted molar refractivity (Wildman–Crippen MR) is 74.3 cm³/mol. The largest absolute Gasteiger partial charge is 0.494 e. The average molecular weight is 248 g/mol. The van der Waals surface area contributed by atoms with E-state index in [0.717, 1.165) is 25.2 Å². The van der Waals surface area contributed by atoms with Gasteiger partial charge in [0.15, 0.2) is 0 Å². The van der Waals surface area contributed by atoms with Gasteiger partial charge in [0.05, 0.1) is 18.8 Å². The Kier molecular flexibility index (Phi) is 4.28. The molecule has 0 amide bonds. The Bertz CT molecular complexity index is 400. The van der Waals surface area contributed by atoms with Crippen molar-refractivity contribution in [1.29, 1.82) is 0 Å². The zero-order valence-electron chi connectivity index (χ0n) is 11.9. The van der Waals surface area contributed by atoms with Crippen molar-refractivity contribution in [3.8, 4) is 5.75 Å². The molecule has 0 saturated carbocycles. The molecule has 1 heterocycles. The Labute approximate surface area is 110 Å². The van der Waals surface area contributed by atoms with Crippen LogP contribution < -0.4 is 4.74 Å². The molecule has 2 heteroatoms. The number of epoxide rings is 1. The van der Waals surface area contributed by atoms with Crippen LogP contribution in [0.5, 0.6) is 5.75 Å². The molecule has 18 heavy (non-hydrogen) atoms. The van der Waals surface area contributed by atoms with Crippen molar-refractivity contribution < 1.29 is 9.47 Å². The van der Waals surface area contributed by atoms with Crippen LogP contribution in [-0.2, 0) is 4.74 Å². The Morgan fingerprint density at radius 3 is 2.67 bits per heavy atom. The molecule has 2 rings (SSSR count). The molecule has 0 radical (unpaired) electrons. The minimum Gasteiger partial charge on any atom is -0.494 e. The summed E-state index contributed by atoms with van der Waals surface area (Å²) in [6, 6.07) is 6.46. The van der Waals surface area contributed by atoms with Gasteiger partial charge in [0.25, 0.3) is 0 Å². The van der Waals surface area contributed by atoms with Gasteiger partial charge in [-0.15, -0.1) is 0 Å². The number of aryl methyl sites for hydroxylation is 1. The summed E-state index contributed by atoms with van der Waals surface area (Å²) in [6.45, 7) is 9.35. The van der Waals surface area contributed by atoms with Gasteiger partial charge in [-0.25, -0.2) is 0 Å². The maximum Gasteiger partial charge on any atom is 0.122 e. The van der Waals surface area contributed by atoms with Gasteiger partial charge in [0.1, 0.15) is 5.75 Å². The van der Waals surface area contributed by atoms with E-state index in [0.29, 0.717) is 18.1 Å². The molecule has 1 aromatic rings. The fourth-order valence-corrected chi connectivity index (χ4v) is 2.56. The second kappa shape index (κ2) is 5.75. The van der Waals surface area contributed by atoms with Crippen LogP contribution in [0.1, 0.15) is 50.7 Å². The number of rotatable bonds is 6. The molecule has 0 N–H and O–H groups in total. The monoisotopic (exact) mass is 248 g/mol. The summed E-state index contributed by atoms with van der Waals surface area (Å²) in [5.74, 6) is 1.53. The molecule has 2 nitrogen and oxygen atoms in total. The van der Waals surface area contributed by atoms with E-state index < -0.39 is 0 Å². The molecule has 0 aromatic heterocycles. The highest BCUT2D eigenvalue weighted by Crippen LogP contribution is 2.37. The standard InChI is InChI=1S/C16H24O2/c1-5-14-16(18-14)10-12(4)13-9-11(3)7-8-15(13)17-6-2/h7-9,12,14,16H,5-6,10H2,1-4H3. The Balaban J connectivity index is 2.07. The second-order valence-electron chi connectivity index (χ2n) is 5.23. The van der Waals surface area contributed by atoms with Gasteiger partial charge in [-0.1, -0.05) is 31.5 Å². The number of hydrogen-bond acceptors (Lipinski definition) is 2. The van der Waals surface area contributed by atoms with Gasteiger partial charge in [-0.3, -0.25) is 0 Å². The Morgan fingerprint density at radius 2 is 2.06 bits per heavy atom. The molecule has 0 spiro atoms. The topological polar surface area (TPSA) is 21.8 Å². The second-order valence-corrected chi connectivity index (χ2v) is 5.23. The smallest absolute Gasteiger partial charge is 0.122 e. The van der Waals surface area contributed by atoms with E-state index in [1.165, 1.54) is 11.1 Å². The third-order valence-corrected chi connectivity index (χ3v) is 3.67. The van der Waals surface area contributed by atoms with Crippen molar-refractivity contribution in [1.82, 2.24) is 0 Å². The van der Waals surface area contributed by atoms with Gasteiger partial charge in [-0.05, 0) is 44.2 Å². The van der Waals surface area contributed by atoms with Crippen LogP contribution in [0.15, 0.2) is 18.2 Å². The quantitative estimate of drug-likeness (QED) is 0.708. The first kappa shape index (κ1) is 13.4. The lowest BCUT2D eigenvalue weighted by Crippen LogP contribution is -2.04. The summed E-state index contributed by atoms with van der Waals surface area (Å²) in [4.78, 5) is 0. The van der Waals surface area contributed by atoms with E-state index in [2.05, 4.69) is 39.0 Å². The van der Waals surface area contributed by atoms with Crippen LogP contribution >= 0.6 is 0 Å². The van der Waals surface area contributed by atoms with E-state index >= 15 is 0 Å². The molecule has 3 atom stereocenters. The summed E-state index contributed by atoms with van der Waals surface area (Å²) < 4.78 is 11.4. The van der Waals surface area contributed by atoms with Gasteiger partial charge in [0.2, 0.25) is 0 Å². The van der Waals surface area contributed by atoms with Gasteiger partial charge in [-0.2, -0.15) is 0 Å². The number of ether oxygens (including phenoxy) is 2. The number of benzene rings is 1. The van der Waals surface area contributed by atoms with Crippen LogP contribution in [0.25, 0.3) is 0 Å². The van der Waals surface area contributed by atoms with E-state index in [1.807, 2.05) is 6.92 Å². The average Bonchev–Trinajstić information content (AvgIpc) is 3.10. The fourth-order valence-electron chi connectivity index (χ4n) is 2.56. The van der Waals surface area contributed by atoms with Crippen LogP contribution in [0.2, 0.25) is 0 Å². The van der Waals surface area contributed by atoms with E-state index in [-0.39, 0.29) is 0 Å². The molecule has 3 unspecified atom stereocenters. The molecule has 0 aliphatic carbocycles. The molecule has 0 bridgehead atoms. The molecule has 1 saturated heterocycles. The summed E-state index contributed by atoms with van der Waals surface area (Å²) in [5.41, 5.74) is 2.62. The summed E-state index contributed by atoms with van der Waals surface area (Å²) in [5, 5.41) is 0. The minimum atomic E-state index is 0.458. The van der Waals surface area contributed by atoms with Crippen LogP contribution in [0, 0.1) is 6.92 Å². The molecule has 1 aliphatic heterocycles. The van der Waals surface area contributed by atoms with Crippen molar-refractivity contribution in [2.24, 2.45) is 0 Å². The minimum absolute atomic E-state index is 0.458.